The monoisotopic (exact) mass is 314 g/mol. The zero-order chi connectivity index (χ0) is 13.5. The van der Waals surface area contributed by atoms with Crippen molar-refractivity contribution in [2.45, 2.75) is 6.54 Å². The first-order valence-corrected chi connectivity index (χ1v) is 5.69. The molecule has 0 aliphatic carbocycles. The molecule has 1 aromatic rings. The highest BCUT2D eigenvalue weighted by Gasteiger charge is 2.09. The zero-order valence-electron chi connectivity index (χ0n) is 9.54. The maximum Gasteiger partial charge on any atom is 0.274 e. The molecule has 1 heterocycles. The lowest BCUT2D eigenvalue weighted by Crippen LogP contribution is -2.28. The maximum atomic E-state index is 10.4. The summed E-state index contributed by atoms with van der Waals surface area (Å²) in [6.07, 6.45) is 2.78. The number of hydrogen-bond acceptors (Lipinski definition) is 5. The van der Waals surface area contributed by atoms with E-state index < -0.39 is 4.92 Å². The van der Waals surface area contributed by atoms with E-state index in [2.05, 4.69) is 26.2 Å². The molecule has 0 bridgehead atoms. The number of carbonyl (C=O) groups is 1. The van der Waals surface area contributed by atoms with E-state index in [9.17, 15) is 14.9 Å². The lowest BCUT2D eigenvalue weighted by Gasteiger charge is -2.19. The number of aromatic nitrogens is 1. The van der Waals surface area contributed by atoms with Crippen molar-refractivity contribution >= 4 is 22.3 Å². The topological polar surface area (TPSA) is 88.4 Å². The Hall–Kier alpha value is -1.96. The first-order valence-electron chi connectivity index (χ1n) is 4.90. The Labute approximate surface area is 112 Å². The van der Waals surface area contributed by atoms with Gasteiger partial charge in [0, 0.05) is 19.8 Å². The van der Waals surface area contributed by atoms with Gasteiger partial charge in [-0.3, -0.25) is 14.9 Å². The summed E-state index contributed by atoms with van der Waals surface area (Å²) in [5, 5.41) is 12.7. The Bertz CT molecular complexity index is 461. The van der Waals surface area contributed by atoms with Crippen LogP contribution in [0.4, 0.5) is 0 Å². The van der Waals surface area contributed by atoms with E-state index in [1.807, 2.05) is 6.07 Å². The summed E-state index contributed by atoms with van der Waals surface area (Å²) >= 11 is 3.21. The van der Waals surface area contributed by atoms with Gasteiger partial charge in [0.05, 0.1) is 4.92 Å². The Morgan fingerprint density at radius 2 is 2.39 bits per heavy atom. The summed E-state index contributed by atoms with van der Waals surface area (Å²) in [5.41, 5.74) is 0.864. The summed E-state index contributed by atoms with van der Waals surface area (Å²) in [4.78, 5) is 25.8. The number of nitrogens with one attached hydrogen (secondary N) is 1. The van der Waals surface area contributed by atoms with E-state index in [0.717, 1.165) is 11.8 Å². The van der Waals surface area contributed by atoms with Crippen molar-refractivity contribution in [3.8, 4) is 0 Å². The number of amides is 1. The number of nitro groups is 1. The van der Waals surface area contributed by atoms with Gasteiger partial charge in [-0.25, -0.2) is 4.98 Å². The highest BCUT2D eigenvalue weighted by atomic mass is 79.9. The predicted octanol–water partition coefficient (Wildman–Crippen LogP) is 1.10. The standard InChI is InChI=1S/C10H11BrN4O3/c1-14(10(13-7-16)6-15(17)18)5-8-2-3-9(11)12-4-8/h2-4,6-7H,5H2,1H3,(H,13,16). The third-order valence-corrected chi connectivity index (χ3v) is 2.52. The average Bonchev–Trinajstić information content (AvgIpc) is 2.31. The van der Waals surface area contributed by atoms with Crippen LogP contribution in [-0.2, 0) is 11.3 Å². The number of carbonyl (C=O) groups excluding carboxylic acids is 1. The third kappa shape index (κ3) is 4.50. The van der Waals surface area contributed by atoms with Crippen molar-refractivity contribution in [1.29, 1.82) is 0 Å². The van der Waals surface area contributed by atoms with Gasteiger partial charge in [0.25, 0.3) is 6.20 Å². The van der Waals surface area contributed by atoms with Crippen LogP contribution in [0.15, 0.2) is 35.0 Å². The zero-order valence-corrected chi connectivity index (χ0v) is 11.1. The van der Waals surface area contributed by atoms with Gasteiger partial charge in [-0.1, -0.05) is 6.07 Å². The smallest absolute Gasteiger partial charge is 0.274 e. The molecule has 1 rings (SSSR count). The minimum absolute atomic E-state index is 0.109. The minimum atomic E-state index is -0.623. The lowest BCUT2D eigenvalue weighted by atomic mass is 10.3. The van der Waals surface area contributed by atoms with Crippen LogP contribution < -0.4 is 5.32 Å². The van der Waals surface area contributed by atoms with Gasteiger partial charge >= 0.3 is 0 Å². The summed E-state index contributed by atoms with van der Waals surface area (Å²) in [7, 11) is 1.63. The van der Waals surface area contributed by atoms with Gasteiger partial charge in [-0.05, 0) is 27.6 Å². The van der Waals surface area contributed by atoms with Crippen LogP contribution in [0.3, 0.4) is 0 Å². The Kier molecular flexibility index (Phi) is 5.25. The molecule has 1 aromatic heterocycles. The van der Waals surface area contributed by atoms with Crippen LogP contribution in [0.2, 0.25) is 0 Å². The van der Waals surface area contributed by atoms with Crippen LogP contribution in [0.25, 0.3) is 0 Å². The third-order valence-electron chi connectivity index (χ3n) is 2.05. The summed E-state index contributed by atoms with van der Waals surface area (Å²) in [6, 6.07) is 3.60. The van der Waals surface area contributed by atoms with Gasteiger partial charge in [-0.2, -0.15) is 0 Å². The molecule has 0 aliphatic heterocycles. The Balaban J connectivity index is 2.78. The SMILES string of the molecule is CN(Cc1ccc(Br)nc1)C(=C[N+](=O)[O-])NC=O. The molecule has 0 saturated heterocycles. The predicted molar refractivity (Wildman–Crippen MR) is 67.7 cm³/mol. The van der Waals surface area contributed by atoms with Crippen molar-refractivity contribution in [2.24, 2.45) is 0 Å². The first kappa shape index (κ1) is 14.1. The van der Waals surface area contributed by atoms with Gasteiger partial charge in [0.2, 0.25) is 6.41 Å². The molecule has 0 aromatic carbocycles. The van der Waals surface area contributed by atoms with Crippen molar-refractivity contribution in [3.05, 3.63) is 50.6 Å². The highest BCUT2D eigenvalue weighted by molar-refractivity contribution is 9.10. The molecule has 1 amide bonds. The molecule has 8 heteroatoms. The first-order chi connectivity index (χ1) is 8.52. The quantitative estimate of drug-likeness (QED) is 0.367. The molecular weight excluding hydrogens is 304 g/mol. The second-order valence-corrected chi connectivity index (χ2v) is 4.22. The lowest BCUT2D eigenvalue weighted by molar-refractivity contribution is -0.404. The molecule has 0 saturated carbocycles. The van der Waals surface area contributed by atoms with E-state index in [4.69, 9.17) is 0 Å². The van der Waals surface area contributed by atoms with E-state index in [-0.39, 0.29) is 5.82 Å². The second kappa shape index (κ2) is 6.70. The van der Waals surface area contributed by atoms with Crippen LogP contribution in [0, 0.1) is 10.1 Å². The van der Waals surface area contributed by atoms with E-state index in [0.29, 0.717) is 17.6 Å². The molecule has 0 radical (unpaired) electrons. The van der Waals surface area contributed by atoms with Crippen LogP contribution in [0.1, 0.15) is 5.56 Å². The van der Waals surface area contributed by atoms with E-state index in [1.54, 1.807) is 24.2 Å². The Morgan fingerprint density at radius 3 is 2.89 bits per heavy atom. The van der Waals surface area contributed by atoms with Gasteiger partial charge in [0.15, 0.2) is 5.82 Å². The molecule has 0 fully saturated rings. The molecule has 1 N–H and O–H groups in total. The van der Waals surface area contributed by atoms with E-state index in [1.165, 1.54) is 0 Å². The number of halogens is 1. The summed E-state index contributed by atoms with van der Waals surface area (Å²) < 4.78 is 0.709. The molecular formula is C10H11BrN4O3. The molecule has 0 atom stereocenters. The molecule has 0 spiro atoms. The number of pyridine rings is 1. The van der Waals surface area contributed by atoms with Crippen molar-refractivity contribution in [1.82, 2.24) is 15.2 Å². The van der Waals surface area contributed by atoms with Crippen LogP contribution in [0.5, 0.6) is 0 Å². The fourth-order valence-corrected chi connectivity index (χ4v) is 1.50. The number of rotatable bonds is 6. The normalized spacial score (nSPS) is 10.9. The maximum absolute atomic E-state index is 10.4. The van der Waals surface area contributed by atoms with Crippen LogP contribution >= 0.6 is 15.9 Å². The van der Waals surface area contributed by atoms with Gasteiger partial charge < -0.3 is 10.2 Å². The largest absolute Gasteiger partial charge is 0.352 e. The highest BCUT2D eigenvalue weighted by Crippen LogP contribution is 2.10. The fraction of sp³-hybridized carbons (Fsp3) is 0.200. The molecule has 18 heavy (non-hydrogen) atoms. The molecule has 0 aliphatic rings. The average molecular weight is 315 g/mol. The fourth-order valence-electron chi connectivity index (χ4n) is 1.27. The van der Waals surface area contributed by atoms with Crippen molar-refractivity contribution in [2.75, 3.05) is 7.05 Å². The molecule has 96 valence electrons. The minimum Gasteiger partial charge on any atom is -0.352 e. The summed E-state index contributed by atoms with van der Waals surface area (Å²) in [6.45, 7) is 0.390. The van der Waals surface area contributed by atoms with Crippen LogP contribution in [-0.4, -0.2) is 28.3 Å². The molecule has 7 nitrogen and oxygen atoms in total. The molecule has 0 unspecified atom stereocenters. The van der Waals surface area contributed by atoms with Crippen molar-refractivity contribution < 1.29 is 9.72 Å². The summed E-state index contributed by atoms with van der Waals surface area (Å²) in [5.74, 6) is 0.109. The van der Waals surface area contributed by atoms with Gasteiger partial charge in [0.1, 0.15) is 4.60 Å². The van der Waals surface area contributed by atoms with E-state index >= 15 is 0 Å². The second-order valence-electron chi connectivity index (χ2n) is 3.41. The van der Waals surface area contributed by atoms with Crippen molar-refractivity contribution in [3.63, 3.8) is 0 Å². The van der Waals surface area contributed by atoms with Gasteiger partial charge in [-0.15, -0.1) is 0 Å². The number of hydrogen-bond donors (Lipinski definition) is 1. The number of nitrogens with zero attached hydrogens (tertiary/aromatic N) is 3. The Morgan fingerprint density at radius 1 is 1.67 bits per heavy atom.